The van der Waals surface area contributed by atoms with Crippen LogP contribution in [0.1, 0.15) is 25.0 Å². The Hall–Kier alpha value is -1.84. The summed E-state index contributed by atoms with van der Waals surface area (Å²) in [6.07, 6.45) is -0.0242. The third-order valence-corrected chi connectivity index (χ3v) is 2.93. The monoisotopic (exact) mass is 219 g/mol. The van der Waals surface area contributed by atoms with Crippen LogP contribution >= 0.6 is 0 Å². The molecule has 0 spiro atoms. The molecule has 1 aromatic rings. The molecule has 1 aliphatic heterocycles. The molecule has 0 saturated carbocycles. The van der Waals surface area contributed by atoms with Gasteiger partial charge in [0.15, 0.2) is 0 Å². The molecule has 84 valence electrons. The highest BCUT2D eigenvalue weighted by Crippen LogP contribution is 2.37. The van der Waals surface area contributed by atoms with Gasteiger partial charge in [0.05, 0.1) is 11.8 Å². The molecule has 2 rings (SSSR count). The summed E-state index contributed by atoms with van der Waals surface area (Å²) in [5, 5.41) is 11.5. The van der Waals surface area contributed by atoms with Gasteiger partial charge in [-0.2, -0.15) is 0 Å². The maximum Gasteiger partial charge on any atom is 0.307 e. The van der Waals surface area contributed by atoms with Crippen LogP contribution in [-0.2, 0) is 21.4 Å². The molecule has 0 bridgehead atoms. The molecule has 4 nitrogen and oxygen atoms in total. The van der Waals surface area contributed by atoms with Crippen molar-refractivity contribution < 1.29 is 14.7 Å². The number of carboxylic acids is 1. The summed E-state index contributed by atoms with van der Waals surface area (Å²) in [6, 6.07) is 5.32. The summed E-state index contributed by atoms with van der Waals surface area (Å²) in [4.78, 5) is 22.2. The highest BCUT2D eigenvalue weighted by Gasteiger charge is 2.38. The molecule has 1 aliphatic rings. The van der Waals surface area contributed by atoms with Crippen molar-refractivity contribution in [3.63, 3.8) is 0 Å². The molecule has 0 unspecified atom stereocenters. The summed E-state index contributed by atoms with van der Waals surface area (Å²) >= 11 is 0. The zero-order valence-corrected chi connectivity index (χ0v) is 9.20. The maximum atomic E-state index is 11.7. The van der Waals surface area contributed by atoms with Crippen molar-refractivity contribution in [2.75, 3.05) is 5.32 Å². The van der Waals surface area contributed by atoms with E-state index in [4.69, 9.17) is 5.11 Å². The van der Waals surface area contributed by atoms with Crippen molar-refractivity contribution in [2.45, 2.75) is 25.7 Å². The lowest BCUT2D eigenvalue weighted by Crippen LogP contribution is -2.26. The maximum absolute atomic E-state index is 11.7. The van der Waals surface area contributed by atoms with Crippen LogP contribution in [0.2, 0.25) is 0 Å². The molecule has 4 heteroatoms. The predicted molar refractivity (Wildman–Crippen MR) is 59.4 cm³/mol. The van der Waals surface area contributed by atoms with E-state index < -0.39 is 11.4 Å². The minimum absolute atomic E-state index is 0.0242. The summed E-state index contributed by atoms with van der Waals surface area (Å²) < 4.78 is 0. The highest BCUT2D eigenvalue weighted by atomic mass is 16.4. The fraction of sp³-hybridized carbons (Fsp3) is 0.333. The number of anilines is 1. The zero-order chi connectivity index (χ0) is 11.9. The average Bonchev–Trinajstić information content (AvgIpc) is 2.36. The number of hydrogen-bond donors (Lipinski definition) is 2. The number of fused-ring (bicyclic) bond motifs is 1. The molecule has 0 aromatic heterocycles. The molecular weight excluding hydrogens is 206 g/mol. The Morgan fingerprint density at radius 3 is 2.75 bits per heavy atom. The van der Waals surface area contributed by atoms with Gasteiger partial charge in [0.1, 0.15) is 0 Å². The van der Waals surface area contributed by atoms with Gasteiger partial charge in [-0.05, 0) is 31.0 Å². The van der Waals surface area contributed by atoms with Crippen LogP contribution in [0.25, 0.3) is 0 Å². The first-order chi connectivity index (χ1) is 7.41. The standard InChI is InChI=1S/C12H13NO3/c1-12(2)8-4-3-7(6-10(14)15)5-9(8)13-11(12)16/h3-5H,6H2,1-2H3,(H,13,16)(H,14,15). The Labute approximate surface area is 93.3 Å². The second kappa shape index (κ2) is 3.33. The van der Waals surface area contributed by atoms with Crippen molar-refractivity contribution in [1.82, 2.24) is 0 Å². The summed E-state index contributed by atoms with van der Waals surface area (Å²) in [6.45, 7) is 3.70. The molecular formula is C12H13NO3. The Balaban J connectivity index is 2.40. The Morgan fingerprint density at radius 2 is 2.12 bits per heavy atom. The number of carbonyl (C=O) groups excluding carboxylic acids is 1. The molecule has 1 heterocycles. The van der Waals surface area contributed by atoms with E-state index in [1.807, 2.05) is 19.9 Å². The van der Waals surface area contributed by atoms with E-state index >= 15 is 0 Å². The second-order valence-electron chi connectivity index (χ2n) is 4.53. The van der Waals surface area contributed by atoms with Crippen LogP contribution < -0.4 is 5.32 Å². The van der Waals surface area contributed by atoms with E-state index in [0.29, 0.717) is 5.56 Å². The van der Waals surface area contributed by atoms with Gasteiger partial charge < -0.3 is 10.4 Å². The number of hydrogen-bond acceptors (Lipinski definition) is 2. The predicted octanol–water partition coefficient (Wildman–Crippen LogP) is 1.54. The largest absolute Gasteiger partial charge is 0.481 e. The van der Waals surface area contributed by atoms with Crippen molar-refractivity contribution in [2.24, 2.45) is 0 Å². The topological polar surface area (TPSA) is 66.4 Å². The van der Waals surface area contributed by atoms with Crippen LogP contribution in [0.3, 0.4) is 0 Å². The van der Waals surface area contributed by atoms with Crippen LogP contribution in [0.4, 0.5) is 5.69 Å². The first-order valence-electron chi connectivity index (χ1n) is 5.08. The molecule has 0 aliphatic carbocycles. The SMILES string of the molecule is CC1(C)C(=O)Nc2cc(CC(=O)O)ccc21. The Kier molecular flexibility index (Phi) is 2.22. The fourth-order valence-corrected chi connectivity index (χ4v) is 1.93. The quantitative estimate of drug-likeness (QED) is 0.793. The van der Waals surface area contributed by atoms with Gasteiger partial charge >= 0.3 is 5.97 Å². The normalized spacial score (nSPS) is 16.8. The summed E-state index contributed by atoms with van der Waals surface area (Å²) in [5.41, 5.74) is 1.82. The van der Waals surface area contributed by atoms with E-state index in [1.165, 1.54) is 0 Å². The van der Waals surface area contributed by atoms with Crippen molar-refractivity contribution in [3.05, 3.63) is 29.3 Å². The van der Waals surface area contributed by atoms with Crippen molar-refractivity contribution >= 4 is 17.6 Å². The van der Waals surface area contributed by atoms with Crippen LogP contribution in [0.5, 0.6) is 0 Å². The third kappa shape index (κ3) is 1.56. The van der Waals surface area contributed by atoms with Gasteiger partial charge in [0, 0.05) is 5.69 Å². The van der Waals surface area contributed by atoms with Crippen LogP contribution in [-0.4, -0.2) is 17.0 Å². The molecule has 1 amide bonds. The smallest absolute Gasteiger partial charge is 0.307 e. The number of nitrogens with one attached hydrogen (secondary N) is 1. The van der Waals surface area contributed by atoms with Crippen molar-refractivity contribution in [3.8, 4) is 0 Å². The molecule has 0 radical (unpaired) electrons. The van der Waals surface area contributed by atoms with Gasteiger partial charge in [-0.15, -0.1) is 0 Å². The first-order valence-corrected chi connectivity index (χ1v) is 5.08. The third-order valence-electron chi connectivity index (χ3n) is 2.93. The summed E-state index contributed by atoms with van der Waals surface area (Å²) in [5.74, 6) is -0.918. The van der Waals surface area contributed by atoms with Gasteiger partial charge in [0.25, 0.3) is 0 Å². The number of amides is 1. The van der Waals surface area contributed by atoms with E-state index in [1.54, 1.807) is 12.1 Å². The van der Waals surface area contributed by atoms with Crippen molar-refractivity contribution in [1.29, 1.82) is 0 Å². The van der Waals surface area contributed by atoms with Gasteiger partial charge in [-0.3, -0.25) is 9.59 Å². The second-order valence-corrected chi connectivity index (χ2v) is 4.53. The molecule has 0 atom stereocenters. The Morgan fingerprint density at radius 1 is 1.44 bits per heavy atom. The number of aliphatic carboxylic acids is 1. The zero-order valence-electron chi connectivity index (χ0n) is 9.20. The number of benzene rings is 1. The fourth-order valence-electron chi connectivity index (χ4n) is 1.93. The first kappa shape index (κ1) is 10.7. The molecule has 0 fully saturated rings. The minimum Gasteiger partial charge on any atom is -0.481 e. The lowest BCUT2D eigenvalue weighted by atomic mass is 9.86. The molecule has 0 saturated heterocycles. The molecule has 1 aromatic carbocycles. The number of carboxylic acid groups (broad SMARTS) is 1. The minimum atomic E-state index is -0.872. The summed E-state index contributed by atoms with van der Waals surface area (Å²) in [7, 11) is 0. The lowest BCUT2D eigenvalue weighted by Gasteiger charge is -2.14. The van der Waals surface area contributed by atoms with Gasteiger partial charge in [0.2, 0.25) is 5.91 Å². The number of carbonyl (C=O) groups is 2. The van der Waals surface area contributed by atoms with E-state index in [0.717, 1.165) is 11.3 Å². The average molecular weight is 219 g/mol. The Bertz CT molecular complexity index is 477. The van der Waals surface area contributed by atoms with Gasteiger partial charge in [-0.25, -0.2) is 0 Å². The van der Waals surface area contributed by atoms with E-state index in [2.05, 4.69) is 5.32 Å². The van der Waals surface area contributed by atoms with Crippen LogP contribution in [0, 0.1) is 0 Å². The van der Waals surface area contributed by atoms with Gasteiger partial charge in [-0.1, -0.05) is 12.1 Å². The lowest BCUT2D eigenvalue weighted by molar-refractivity contribution is -0.136. The molecule has 16 heavy (non-hydrogen) atoms. The van der Waals surface area contributed by atoms with Crippen LogP contribution in [0.15, 0.2) is 18.2 Å². The molecule has 2 N–H and O–H groups in total. The van der Waals surface area contributed by atoms with E-state index in [9.17, 15) is 9.59 Å². The van der Waals surface area contributed by atoms with E-state index in [-0.39, 0.29) is 12.3 Å². The highest BCUT2D eigenvalue weighted by molar-refractivity contribution is 6.05. The number of rotatable bonds is 2.